The van der Waals surface area contributed by atoms with Crippen LogP contribution in [0.2, 0.25) is 0 Å². The van der Waals surface area contributed by atoms with E-state index in [-0.39, 0.29) is 0 Å². The minimum Gasteiger partial charge on any atom is -0.379 e. The van der Waals surface area contributed by atoms with Crippen LogP contribution in [0.1, 0.15) is 129 Å². The largest absolute Gasteiger partial charge is 0.379 e. The van der Waals surface area contributed by atoms with Gasteiger partial charge >= 0.3 is 0 Å². The Hall–Kier alpha value is -0.320. The lowest BCUT2D eigenvalue weighted by Crippen LogP contribution is -2.15. The average Bonchev–Trinajstić information content (AvgIpc) is 3.04. The van der Waals surface area contributed by atoms with Gasteiger partial charge in [-0.3, -0.25) is 0 Å². The summed E-state index contributed by atoms with van der Waals surface area (Å²) in [5.74, 6) is 0. The van der Waals surface area contributed by atoms with E-state index in [0.717, 1.165) is 32.5 Å². The Morgan fingerprint density at radius 3 is 0.614 bits per heavy atom. The summed E-state index contributed by atoms with van der Waals surface area (Å²) >= 11 is 0. The number of hydrogen-bond acceptors (Lipinski definition) is 8. The van der Waals surface area contributed by atoms with E-state index in [4.69, 9.17) is 37.9 Å². The van der Waals surface area contributed by atoms with Crippen LogP contribution in [-0.4, -0.2) is 106 Å². The topological polar surface area (TPSA) is 73.8 Å². The molecule has 8 heteroatoms. The van der Waals surface area contributed by atoms with E-state index in [1.165, 1.54) is 96.3 Å². The van der Waals surface area contributed by atoms with Crippen molar-refractivity contribution >= 4 is 0 Å². The molecule has 0 aliphatic heterocycles. The van der Waals surface area contributed by atoms with Crippen LogP contribution in [-0.2, 0) is 37.9 Å². The number of unbranched alkanes of at least 4 members (excludes halogenated alkanes) is 16. The summed E-state index contributed by atoms with van der Waals surface area (Å²) in [6.07, 6.45) is 24.6. The summed E-state index contributed by atoms with van der Waals surface area (Å²) in [5.41, 5.74) is 0. The molecule has 0 saturated carbocycles. The molecule has 0 unspecified atom stereocenters. The maximum absolute atomic E-state index is 5.68. The van der Waals surface area contributed by atoms with E-state index in [2.05, 4.69) is 13.8 Å². The molecule has 0 fully saturated rings. The van der Waals surface area contributed by atoms with Crippen LogP contribution in [0.4, 0.5) is 0 Å². The number of ether oxygens (including phenoxy) is 8. The first-order chi connectivity index (χ1) is 21.9. The minimum absolute atomic E-state index is 0.553. The molecule has 266 valence electrons. The molecule has 0 heterocycles. The predicted molar refractivity (Wildman–Crippen MR) is 181 cm³/mol. The fourth-order valence-corrected chi connectivity index (χ4v) is 4.64. The summed E-state index contributed by atoms with van der Waals surface area (Å²) in [5, 5.41) is 0. The molecule has 0 bridgehead atoms. The minimum atomic E-state index is 0.553. The first-order valence-electron chi connectivity index (χ1n) is 18.5. The van der Waals surface area contributed by atoms with Gasteiger partial charge in [0.25, 0.3) is 0 Å². The number of rotatable bonds is 41. The predicted octanol–water partition coefficient (Wildman–Crippen LogP) is 8.18. The van der Waals surface area contributed by atoms with Gasteiger partial charge in [0.2, 0.25) is 0 Å². The molecule has 0 aliphatic rings. The standard InChI is InChI=1S/C36H74O8/c1-3-5-7-8-9-10-11-12-13-14-15-16-17-18-19-20-22-38-24-26-40-28-30-42-32-34-44-36-35-43-33-31-41-29-27-39-25-23-37-21-6-4-2/h3-36H2,1-2H3. The van der Waals surface area contributed by atoms with Crippen molar-refractivity contribution in [3.05, 3.63) is 0 Å². The SMILES string of the molecule is CCCCCCCCCCCCCCCCCCOCCOCCOCCOCCOCCOCCOCCOCCCC. The van der Waals surface area contributed by atoms with Crippen molar-refractivity contribution < 1.29 is 37.9 Å². The van der Waals surface area contributed by atoms with Gasteiger partial charge in [-0.25, -0.2) is 0 Å². The van der Waals surface area contributed by atoms with Gasteiger partial charge in [-0.15, -0.1) is 0 Å². The molecule has 0 radical (unpaired) electrons. The van der Waals surface area contributed by atoms with Gasteiger partial charge in [-0.05, 0) is 12.8 Å². The highest BCUT2D eigenvalue weighted by Gasteiger charge is 1.97. The summed E-state index contributed by atoms with van der Waals surface area (Å²) in [6, 6.07) is 0. The van der Waals surface area contributed by atoms with E-state index in [9.17, 15) is 0 Å². The maximum Gasteiger partial charge on any atom is 0.0701 e. The second-order valence-electron chi connectivity index (χ2n) is 11.6. The number of hydrogen-bond donors (Lipinski definition) is 0. The van der Waals surface area contributed by atoms with E-state index < -0.39 is 0 Å². The first kappa shape index (κ1) is 43.7. The zero-order chi connectivity index (χ0) is 31.7. The van der Waals surface area contributed by atoms with Crippen LogP contribution in [0.25, 0.3) is 0 Å². The molecule has 0 aromatic rings. The molecule has 0 rings (SSSR count). The molecule has 0 aromatic carbocycles. The van der Waals surface area contributed by atoms with Crippen LogP contribution in [0.5, 0.6) is 0 Å². The molecular formula is C36H74O8. The fourth-order valence-electron chi connectivity index (χ4n) is 4.64. The second-order valence-corrected chi connectivity index (χ2v) is 11.6. The zero-order valence-corrected chi connectivity index (χ0v) is 29.3. The van der Waals surface area contributed by atoms with Crippen molar-refractivity contribution in [1.29, 1.82) is 0 Å². The van der Waals surface area contributed by atoms with Crippen molar-refractivity contribution in [3.63, 3.8) is 0 Å². The van der Waals surface area contributed by atoms with Crippen molar-refractivity contribution in [2.45, 2.75) is 129 Å². The molecule has 0 aliphatic carbocycles. The Morgan fingerprint density at radius 2 is 0.364 bits per heavy atom. The summed E-state index contributed by atoms with van der Waals surface area (Å²) in [6.45, 7) is 14.3. The van der Waals surface area contributed by atoms with Crippen LogP contribution >= 0.6 is 0 Å². The van der Waals surface area contributed by atoms with Crippen LogP contribution in [0.15, 0.2) is 0 Å². The normalized spacial score (nSPS) is 11.6. The lowest BCUT2D eigenvalue weighted by molar-refractivity contribution is -0.0232. The van der Waals surface area contributed by atoms with Crippen molar-refractivity contribution in [2.75, 3.05) is 106 Å². The van der Waals surface area contributed by atoms with Crippen molar-refractivity contribution in [1.82, 2.24) is 0 Å². The highest BCUT2D eigenvalue weighted by atomic mass is 16.6. The van der Waals surface area contributed by atoms with Gasteiger partial charge in [-0.1, -0.05) is 117 Å². The van der Waals surface area contributed by atoms with Gasteiger partial charge < -0.3 is 37.9 Å². The van der Waals surface area contributed by atoms with Gasteiger partial charge in [0.05, 0.1) is 92.5 Å². The lowest BCUT2D eigenvalue weighted by Gasteiger charge is -2.08. The lowest BCUT2D eigenvalue weighted by atomic mass is 10.0. The van der Waals surface area contributed by atoms with Gasteiger partial charge in [0.15, 0.2) is 0 Å². The molecule has 8 nitrogen and oxygen atoms in total. The fraction of sp³-hybridized carbons (Fsp3) is 1.00. The highest BCUT2D eigenvalue weighted by Crippen LogP contribution is 2.13. The molecule has 0 saturated heterocycles. The molecule has 0 amide bonds. The Kier molecular flexibility index (Phi) is 42.4. The Morgan fingerprint density at radius 1 is 0.182 bits per heavy atom. The third kappa shape index (κ3) is 41.7. The Balaban J connectivity index is 3.03. The molecular weight excluding hydrogens is 560 g/mol. The van der Waals surface area contributed by atoms with Crippen molar-refractivity contribution in [2.24, 2.45) is 0 Å². The van der Waals surface area contributed by atoms with Crippen LogP contribution in [0, 0.1) is 0 Å². The molecule has 44 heavy (non-hydrogen) atoms. The first-order valence-corrected chi connectivity index (χ1v) is 18.5. The average molecular weight is 635 g/mol. The van der Waals surface area contributed by atoms with E-state index >= 15 is 0 Å². The maximum atomic E-state index is 5.68. The molecule has 0 spiro atoms. The van der Waals surface area contributed by atoms with Gasteiger partial charge in [0.1, 0.15) is 0 Å². The monoisotopic (exact) mass is 635 g/mol. The van der Waals surface area contributed by atoms with Crippen LogP contribution in [0.3, 0.4) is 0 Å². The Labute approximate surface area is 272 Å². The molecule has 0 N–H and O–H groups in total. The second kappa shape index (κ2) is 42.7. The summed E-state index contributed by atoms with van der Waals surface area (Å²) in [7, 11) is 0. The zero-order valence-electron chi connectivity index (χ0n) is 29.3. The van der Waals surface area contributed by atoms with E-state index in [1.807, 2.05) is 0 Å². The summed E-state index contributed by atoms with van der Waals surface area (Å²) < 4.78 is 44.1. The smallest absolute Gasteiger partial charge is 0.0701 e. The van der Waals surface area contributed by atoms with Gasteiger partial charge in [0, 0.05) is 13.2 Å². The quantitative estimate of drug-likeness (QED) is 0.0624. The van der Waals surface area contributed by atoms with E-state index in [1.54, 1.807) is 0 Å². The third-order valence-electron chi connectivity index (χ3n) is 7.39. The highest BCUT2D eigenvalue weighted by molar-refractivity contribution is 4.50. The van der Waals surface area contributed by atoms with Crippen LogP contribution < -0.4 is 0 Å². The summed E-state index contributed by atoms with van der Waals surface area (Å²) in [4.78, 5) is 0. The molecule has 0 atom stereocenters. The van der Waals surface area contributed by atoms with Crippen molar-refractivity contribution in [3.8, 4) is 0 Å². The molecule has 0 aromatic heterocycles. The Bertz CT molecular complexity index is 441. The third-order valence-corrected chi connectivity index (χ3v) is 7.39. The van der Waals surface area contributed by atoms with Gasteiger partial charge in [-0.2, -0.15) is 0 Å². The van der Waals surface area contributed by atoms with E-state index in [0.29, 0.717) is 92.5 Å².